The topological polar surface area (TPSA) is 55.2 Å². The van der Waals surface area contributed by atoms with Crippen LogP contribution in [0.25, 0.3) is 0 Å². The van der Waals surface area contributed by atoms with E-state index in [2.05, 4.69) is 9.97 Å². The van der Waals surface area contributed by atoms with Gasteiger partial charge in [0, 0.05) is 0 Å². The molecule has 0 aromatic carbocycles. The number of aromatic nitrogens is 2. The van der Waals surface area contributed by atoms with E-state index in [4.69, 9.17) is 21.4 Å². The summed E-state index contributed by atoms with van der Waals surface area (Å²) in [5.74, 6) is 0.691. The van der Waals surface area contributed by atoms with Gasteiger partial charge in [0.2, 0.25) is 0 Å². The third-order valence-electron chi connectivity index (χ3n) is 1.41. The van der Waals surface area contributed by atoms with E-state index in [0.717, 1.165) is 0 Å². The zero-order chi connectivity index (χ0) is 10.4. The summed E-state index contributed by atoms with van der Waals surface area (Å²) >= 11 is 6.86. The summed E-state index contributed by atoms with van der Waals surface area (Å²) in [6.07, 6.45) is 4.38. The fraction of sp³-hybridized carbons (Fsp3) is 0.500. The minimum Gasteiger partial charge on any atom is -0.488 e. The van der Waals surface area contributed by atoms with Crippen LogP contribution in [0, 0.1) is 0 Å². The van der Waals surface area contributed by atoms with Crippen molar-refractivity contribution < 1.29 is 9.84 Å². The van der Waals surface area contributed by atoms with Gasteiger partial charge < -0.3 is 9.84 Å². The fourth-order valence-corrected chi connectivity index (χ4v) is 1.13. The molecule has 1 aromatic rings. The van der Waals surface area contributed by atoms with E-state index in [1.54, 1.807) is 12.4 Å². The van der Waals surface area contributed by atoms with Crippen molar-refractivity contribution in [3.8, 4) is 5.75 Å². The highest BCUT2D eigenvalue weighted by molar-refractivity contribution is 7.98. The molecule has 0 aliphatic heterocycles. The Kier molecular flexibility index (Phi) is 5.00. The normalized spacial score (nSPS) is 12.5. The van der Waals surface area contributed by atoms with Crippen molar-refractivity contribution in [2.24, 2.45) is 0 Å². The standard InChI is InChI=1S/C8H11ClN2O2S/c1-14-8-10-3-7(4-11-8)13-5-6(12)2-9/h3-4,6,12H,2,5H2,1H3/t6-/m1/s1. The highest BCUT2D eigenvalue weighted by atomic mass is 35.5. The first kappa shape index (κ1) is 11.6. The van der Waals surface area contributed by atoms with Crippen molar-refractivity contribution in [1.82, 2.24) is 9.97 Å². The lowest BCUT2D eigenvalue weighted by molar-refractivity contribution is 0.124. The molecule has 6 heteroatoms. The molecule has 0 unspecified atom stereocenters. The van der Waals surface area contributed by atoms with Crippen molar-refractivity contribution in [2.75, 3.05) is 18.7 Å². The quantitative estimate of drug-likeness (QED) is 0.471. The highest BCUT2D eigenvalue weighted by Crippen LogP contribution is 2.12. The van der Waals surface area contributed by atoms with Crippen LogP contribution in [0.3, 0.4) is 0 Å². The van der Waals surface area contributed by atoms with Crippen LogP contribution in [0.5, 0.6) is 5.75 Å². The Morgan fingerprint density at radius 3 is 2.71 bits per heavy atom. The molecule has 0 aliphatic carbocycles. The maximum absolute atomic E-state index is 9.12. The average Bonchev–Trinajstić information content (AvgIpc) is 2.26. The maximum Gasteiger partial charge on any atom is 0.187 e. The lowest BCUT2D eigenvalue weighted by Gasteiger charge is -2.08. The number of ether oxygens (including phenoxy) is 1. The van der Waals surface area contributed by atoms with E-state index in [1.165, 1.54) is 11.8 Å². The van der Waals surface area contributed by atoms with Crippen LogP contribution >= 0.6 is 23.4 Å². The van der Waals surface area contributed by atoms with Crippen molar-refractivity contribution in [1.29, 1.82) is 0 Å². The van der Waals surface area contributed by atoms with Crippen LogP contribution in [-0.4, -0.2) is 39.9 Å². The molecule has 1 atom stereocenters. The Labute approximate surface area is 91.7 Å². The van der Waals surface area contributed by atoms with Crippen LogP contribution in [0.4, 0.5) is 0 Å². The Hall–Kier alpha value is -0.520. The summed E-state index contributed by atoms with van der Waals surface area (Å²) in [4.78, 5) is 8.03. The number of aliphatic hydroxyl groups excluding tert-OH is 1. The summed E-state index contributed by atoms with van der Waals surface area (Å²) in [7, 11) is 0. The average molecular weight is 235 g/mol. The number of aliphatic hydroxyl groups is 1. The van der Waals surface area contributed by atoms with Gasteiger partial charge in [0.05, 0.1) is 18.3 Å². The molecule has 1 aromatic heterocycles. The Balaban J connectivity index is 2.43. The number of nitrogens with zero attached hydrogens (tertiary/aromatic N) is 2. The molecular weight excluding hydrogens is 224 g/mol. The van der Waals surface area contributed by atoms with Gasteiger partial charge in [-0.1, -0.05) is 11.8 Å². The summed E-state index contributed by atoms with van der Waals surface area (Å²) in [6.45, 7) is 0.158. The van der Waals surface area contributed by atoms with E-state index in [9.17, 15) is 0 Å². The van der Waals surface area contributed by atoms with Gasteiger partial charge in [-0.3, -0.25) is 0 Å². The first-order valence-corrected chi connectivity index (χ1v) is 5.75. The predicted octanol–water partition coefficient (Wildman–Crippen LogP) is 1.18. The van der Waals surface area contributed by atoms with Crippen LogP contribution in [0.1, 0.15) is 0 Å². The van der Waals surface area contributed by atoms with Crippen molar-refractivity contribution >= 4 is 23.4 Å². The molecule has 0 saturated heterocycles. The van der Waals surface area contributed by atoms with Gasteiger partial charge in [-0.25, -0.2) is 9.97 Å². The second kappa shape index (κ2) is 6.06. The largest absolute Gasteiger partial charge is 0.488 e. The summed E-state index contributed by atoms with van der Waals surface area (Å²) in [6, 6.07) is 0. The second-order valence-corrected chi connectivity index (χ2v) is 3.61. The van der Waals surface area contributed by atoms with Gasteiger partial charge in [0.1, 0.15) is 12.7 Å². The first-order chi connectivity index (χ1) is 6.76. The molecule has 0 aliphatic rings. The van der Waals surface area contributed by atoms with E-state index in [0.29, 0.717) is 10.9 Å². The molecule has 0 fully saturated rings. The van der Waals surface area contributed by atoms with Crippen LogP contribution in [0.15, 0.2) is 17.6 Å². The van der Waals surface area contributed by atoms with E-state index >= 15 is 0 Å². The third kappa shape index (κ3) is 3.69. The summed E-state index contributed by atoms with van der Waals surface area (Å²) in [5, 5.41) is 9.81. The molecule has 0 amide bonds. The molecule has 0 bridgehead atoms. The lowest BCUT2D eigenvalue weighted by Crippen LogP contribution is -2.18. The molecule has 0 spiro atoms. The zero-order valence-corrected chi connectivity index (χ0v) is 9.25. The van der Waals surface area contributed by atoms with Gasteiger partial charge in [-0.2, -0.15) is 0 Å². The molecule has 0 saturated carbocycles. The molecule has 14 heavy (non-hydrogen) atoms. The lowest BCUT2D eigenvalue weighted by atomic mass is 10.4. The first-order valence-electron chi connectivity index (χ1n) is 3.99. The zero-order valence-electron chi connectivity index (χ0n) is 7.68. The molecule has 0 radical (unpaired) electrons. The van der Waals surface area contributed by atoms with Crippen molar-refractivity contribution in [3.05, 3.63) is 12.4 Å². The smallest absolute Gasteiger partial charge is 0.187 e. The van der Waals surface area contributed by atoms with E-state index < -0.39 is 6.10 Å². The Bertz CT molecular complexity index is 271. The van der Waals surface area contributed by atoms with Gasteiger partial charge >= 0.3 is 0 Å². The number of rotatable bonds is 5. The van der Waals surface area contributed by atoms with Crippen molar-refractivity contribution in [3.63, 3.8) is 0 Å². The summed E-state index contributed by atoms with van der Waals surface area (Å²) < 4.78 is 5.19. The SMILES string of the molecule is CSc1ncc(OC[C@H](O)CCl)cn1. The van der Waals surface area contributed by atoms with Crippen molar-refractivity contribution in [2.45, 2.75) is 11.3 Å². The fourth-order valence-electron chi connectivity index (χ4n) is 0.721. The van der Waals surface area contributed by atoms with E-state index in [-0.39, 0.29) is 12.5 Å². The van der Waals surface area contributed by atoms with Gasteiger partial charge in [0.25, 0.3) is 0 Å². The summed E-state index contributed by atoms with van der Waals surface area (Å²) in [5.41, 5.74) is 0. The van der Waals surface area contributed by atoms with Crippen LogP contribution in [-0.2, 0) is 0 Å². The molecule has 1 rings (SSSR count). The Morgan fingerprint density at radius 1 is 1.57 bits per heavy atom. The molecule has 1 N–H and O–H groups in total. The van der Waals surface area contributed by atoms with E-state index in [1.807, 2.05) is 6.26 Å². The molecule has 1 heterocycles. The predicted molar refractivity (Wildman–Crippen MR) is 56.0 cm³/mol. The monoisotopic (exact) mass is 234 g/mol. The second-order valence-electron chi connectivity index (χ2n) is 2.52. The minimum absolute atomic E-state index is 0.157. The van der Waals surface area contributed by atoms with Crippen LogP contribution in [0.2, 0.25) is 0 Å². The number of hydrogen-bond donors (Lipinski definition) is 1. The number of thioether (sulfide) groups is 1. The minimum atomic E-state index is -0.656. The van der Waals surface area contributed by atoms with Gasteiger partial charge in [-0.05, 0) is 6.26 Å². The highest BCUT2D eigenvalue weighted by Gasteiger charge is 2.03. The molecular formula is C8H11ClN2O2S. The Morgan fingerprint density at radius 2 is 2.21 bits per heavy atom. The number of halogens is 1. The van der Waals surface area contributed by atoms with Crippen LogP contribution < -0.4 is 4.74 Å². The molecule has 4 nitrogen and oxygen atoms in total. The van der Waals surface area contributed by atoms with Gasteiger partial charge in [-0.15, -0.1) is 11.6 Å². The third-order valence-corrected chi connectivity index (χ3v) is 2.34. The molecule has 78 valence electrons. The maximum atomic E-state index is 9.12. The number of hydrogen-bond acceptors (Lipinski definition) is 5. The number of alkyl halides is 1. The van der Waals surface area contributed by atoms with Gasteiger partial charge in [0.15, 0.2) is 10.9 Å².